The summed E-state index contributed by atoms with van der Waals surface area (Å²) in [6.45, 7) is 6.26. The monoisotopic (exact) mass is 366 g/mol. The molecule has 0 saturated heterocycles. The van der Waals surface area contributed by atoms with Crippen LogP contribution < -0.4 is 4.74 Å². The minimum absolute atomic E-state index is 0.0757. The summed E-state index contributed by atoms with van der Waals surface area (Å²) in [6, 6.07) is 15.9. The normalized spacial score (nSPS) is 11.6. The van der Waals surface area contributed by atoms with Gasteiger partial charge in [-0.05, 0) is 68.9 Å². The molecular weight excluding hydrogens is 336 g/mol. The number of carbonyl (C=O) groups excluding carboxylic acids is 1. The molecule has 0 aliphatic rings. The van der Waals surface area contributed by atoms with E-state index in [1.54, 1.807) is 7.11 Å². The third kappa shape index (κ3) is 5.44. The van der Waals surface area contributed by atoms with Crippen molar-refractivity contribution in [2.24, 2.45) is 0 Å². The Hall–Kier alpha value is -2.59. The van der Waals surface area contributed by atoms with Crippen LogP contribution in [-0.2, 0) is 0 Å². The molecule has 4 heteroatoms. The average molecular weight is 367 g/mol. The Labute approximate surface area is 163 Å². The zero-order chi connectivity index (χ0) is 19.8. The van der Waals surface area contributed by atoms with Gasteiger partial charge >= 0.3 is 0 Å². The summed E-state index contributed by atoms with van der Waals surface area (Å²) in [4.78, 5) is 16.5. The predicted octanol–water partition coefficient (Wildman–Crippen LogP) is 4.17. The number of methoxy groups -OCH3 is 1. The Morgan fingerprint density at radius 1 is 0.963 bits per heavy atom. The molecule has 2 rings (SSSR count). The molecule has 4 nitrogen and oxygen atoms in total. The van der Waals surface area contributed by atoms with Crippen molar-refractivity contribution in [1.82, 2.24) is 9.80 Å². The van der Waals surface area contributed by atoms with Gasteiger partial charge in [0.2, 0.25) is 0 Å². The van der Waals surface area contributed by atoms with Crippen LogP contribution in [0.4, 0.5) is 0 Å². The lowest BCUT2D eigenvalue weighted by Crippen LogP contribution is -2.30. The lowest BCUT2D eigenvalue weighted by atomic mass is 9.96. The maximum Gasteiger partial charge on any atom is 0.253 e. The topological polar surface area (TPSA) is 32.8 Å². The molecule has 0 fully saturated rings. The molecule has 0 aromatic heterocycles. The Balaban J connectivity index is 2.38. The Morgan fingerprint density at radius 2 is 1.59 bits per heavy atom. The second-order valence-corrected chi connectivity index (χ2v) is 6.67. The molecule has 0 unspecified atom stereocenters. The summed E-state index contributed by atoms with van der Waals surface area (Å²) in [5.74, 6) is 0.906. The fraction of sp³-hybridized carbons (Fsp3) is 0.348. The van der Waals surface area contributed by atoms with E-state index in [2.05, 4.69) is 17.0 Å². The molecule has 144 valence electrons. The number of nitrogens with zero attached hydrogens (tertiary/aromatic N) is 2. The predicted molar refractivity (Wildman–Crippen MR) is 112 cm³/mol. The van der Waals surface area contributed by atoms with Gasteiger partial charge in [0.1, 0.15) is 5.75 Å². The van der Waals surface area contributed by atoms with Crippen LogP contribution in [0.2, 0.25) is 0 Å². The van der Waals surface area contributed by atoms with E-state index in [0.717, 1.165) is 47.6 Å². The van der Waals surface area contributed by atoms with Crippen molar-refractivity contribution in [3.8, 4) is 5.75 Å². The summed E-state index contributed by atoms with van der Waals surface area (Å²) in [6.07, 6.45) is 2.20. The summed E-state index contributed by atoms with van der Waals surface area (Å²) in [5.41, 5.74) is 4.03. The molecule has 0 atom stereocenters. The van der Waals surface area contributed by atoms with Crippen molar-refractivity contribution in [3.05, 3.63) is 71.3 Å². The molecule has 0 radical (unpaired) electrons. The highest BCUT2D eigenvalue weighted by Gasteiger charge is 2.13. The molecule has 0 aliphatic heterocycles. The summed E-state index contributed by atoms with van der Waals surface area (Å²) in [5, 5.41) is 0. The van der Waals surface area contributed by atoms with Gasteiger partial charge in [0, 0.05) is 25.2 Å². The van der Waals surface area contributed by atoms with Crippen molar-refractivity contribution in [2.45, 2.75) is 13.8 Å². The molecule has 0 saturated carbocycles. The smallest absolute Gasteiger partial charge is 0.253 e. The van der Waals surface area contributed by atoms with Crippen LogP contribution in [-0.4, -0.2) is 56.5 Å². The van der Waals surface area contributed by atoms with Gasteiger partial charge in [-0.15, -0.1) is 0 Å². The first-order chi connectivity index (χ1) is 13.0. The van der Waals surface area contributed by atoms with Crippen molar-refractivity contribution in [1.29, 1.82) is 0 Å². The minimum Gasteiger partial charge on any atom is -0.497 e. The van der Waals surface area contributed by atoms with Gasteiger partial charge < -0.3 is 14.5 Å². The zero-order valence-electron chi connectivity index (χ0n) is 17.0. The van der Waals surface area contributed by atoms with Crippen LogP contribution in [0.15, 0.2) is 54.6 Å². The maximum atomic E-state index is 12.5. The third-order valence-electron chi connectivity index (χ3n) is 4.53. The second-order valence-electron chi connectivity index (χ2n) is 6.67. The quantitative estimate of drug-likeness (QED) is 0.703. The van der Waals surface area contributed by atoms with Gasteiger partial charge in [-0.25, -0.2) is 0 Å². The van der Waals surface area contributed by atoms with Crippen molar-refractivity contribution in [3.63, 3.8) is 0 Å². The van der Waals surface area contributed by atoms with Crippen molar-refractivity contribution in [2.75, 3.05) is 40.8 Å². The molecule has 0 spiro atoms. The fourth-order valence-corrected chi connectivity index (χ4v) is 2.95. The van der Waals surface area contributed by atoms with E-state index >= 15 is 0 Å². The minimum atomic E-state index is 0.0757. The van der Waals surface area contributed by atoms with Gasteiger partial charge in [0.25, 0.3) is 5.91 Å². The highest BCUT2D eigenvalue weighted by Crippen LogP contribution is 2.27. The van der Waals surface area contributed by atoms with Gasteiger partial charge in [-0.3, -0.25) is 4.79 Å². The summed E-state index contributed by atoms with van der Waals surface area (Å²) in [7, 11) is 5.77. The Kier molecular flexibility index (Phi) is 7.62. The number of rotatable bonds is 8. The van der Waals surface area contributed by atoms with E-state index < -0.39 is 0 Å². The molecule has 27 heavy (non-hydrogen) atoms. The van der Waals surface area contributed by atoms with Crippen LogP contribution >= 0.6 is 0 Å². The largest absolute Gasteiger partial charge is 0.497 e. The van der Waals surface area contributed by atoms with Crippen LogP contribution in [0.5, 0.6) is 5.75 Å². The molecule has 1 amide bonds. The Bertz CT molecular complexity index is 775. The summed E-state index contributed by atoms with van der Waals surface area (Å²) < 4.78 is 5.38. The van der Waals surface area contributed by atoms with Crippen molar-refractivity contribution < 1.29 is 9.53 Å². The number of likely N-dealkylation sites (N-methyl/N-ethyl adjacent to an activating group) is 1. The standard InChI is InChI=1S/C23H30N2O2/c1-6-25(7-2)23(26)19-13-11-18(12-14-19)22(15-16-24(3)4)20-9-8-10-21(17-20)27-5/h8-15,17H,6-7,16H2,1-5H3. The lowest BCUT2D eigenvalue weighted by Gasteiger charge is -2.19. The van der Waals surface area contributed by atoms with Gasteiger partial charge in [0.05, 0.1) is 7.11 Å². The van der Waals surface area contributed by atoms with E-state index in [-0.39, 0.29) is 5.91 Å². The number of hydrogen-bond acceptors (Lipinski definition) is 3. The number of carbonyl (C=O) groups is 1. The molecule has 0 N–H and O–H groups in total. The fourth-order valence-electron chi connectivity index (χ4n) is 2.95. The Morgan fingerprint density at radius 3 is 2.15 bits per heavy atom. The highest BCUT2D eigenvalue weighted by molar-refractivity contribution is 5.95. The second kappa shape index (κ2) is 9.93. The number of benzene rings is 2. The first-order valence-electron chi connectivity index (χ1n) is 9.39. The van der Waals surface area contributed by atoms with Crippen LogP contribution in [0.1, 0.15) is 35.3 Å². The first kappa shape index (κ1) is 20.7. The highest BCUT2D eigenvalue weighted by atomic mass is 16.5. The van der Waals surface area contributed by atoms with E-state index in [1.165, 1.54) is 0 Å². The molecule has 2 aromatic carbocycles. The average Bonchev–Trinajstić information content (AvgIpc) is 2.69. The number of ether oxygens (including phenoxy) is 1. The number of amides is 1. The van der Waals surface area contributed by atoms with Crippen LogP contribution in [0.25, 0.3) is 5.57 Å². The molecular formula is C23H30N2O2. The number of hydrogen-bond donors (Lipinski definition) is 0. The van der Waals surface area contributed by atoms with Gasteiger partial charge in [0.15, 0.2) is 0 Å². The van der Waals surface area contributed by atoms with E-state index in [4.69, 9.17) is 4.74 Å². The van der Waals surface area contributed by atoms with E-state index in [0.29, 0.717) is 0 Å². The maximum absolute atomic E-state index is 12.5. The molecule has 0 heterocycles. The van der Waals surface area contributed by atoms with E-state index in [1.807, 2.05) is 75.3 Å². The summed E-state index contributed by atoms with van der Waals surface area (Å²) >= 11 is 0. The molecule has 0 bridgehead atoms. The van der Waals surface area contributed by atoms with Gasteiger partial charge in [-0.1, -0.05) is 30.3 Å². The van der Waals surface area contributed by atoms with Gasteiger partial charge in [-0.2, -0.15) is 0 Å². The lowest BCUT2D eigenvalue weighted by molar-refractivity contribution is 0.0773. The molecule has 0 aliphatic carbocycles. The van der Waals surface area contributed by atoms with Crippen LogP contribution in [0.3, 0.4) is 0 Å². The van der Waals surface area contributed by atoms with Crippen LogP contribution in [0, 0.1) is 0 Å². The molecule has 2 aromatic rings. The third-order valence-corrected chi connectivity index (χ3v) is 4.53. The van der Waals surface area contributed by atoms with Crippen molar-refractivity contribution >= 4 is 11.5 Å². The first-order valence-corrected chi connectivity index (χ1v) is 9.39. The van der Waals surface area contributed by atoms with E-state index in [9.17, 15) is 4.79 Å². The zero-order valence-corrected chi connectivity index (χ0v) is 17.0. The SMILES string of the molecule is CCN(CC)C(=O)c1ccc(C(=CCN(C)C)c2cccc(OC)c2)cc1.